The molecule has 2 aromatic heterocycles. The number of anilines is 2. The molecule has 1 atom stereocenters. The Morgan fingerprint density at radius 3 is 2.69 bits per heavy atom. The molecule has 2 fully saturated rings. The molecule has 0 bridgehead atoms. The zero-order valence-electron chi connectivity index (χ0n) is 21.2. The highest BCUT2D eigenvalue weighted by molar-refractivity contribution is 7.15. The standard InChI is InChI=1S/C27H27F3N6O2S/c1-16-10-19(12-20(11-16)34-25-32-8-4-22(35-25)27(28,29)30)21-14-33-24(39-21)26(38)6-2-18(3-7-26)23(37)36-9-5-17(13-31)15-36/h4,8,10-12,14,17-18,38H,2-3,5-7,9,15H2,1H3,(H,32,34,35)/t17?,18-,26+. The summed E-state index contributed by atoms with van der Waals surface area (Å²) in [4.78, 5) is 27.5. The Labute approximate surface area is 227 Å². The predicted molar refractivity (Wildman–Crippen MR) is 139 cm³/mol. The molecule has 1 saturated heterocycles. The molecule has 5 rings (SSSR count). The fourth-order valence-electron chi connectivity index (χ4n) is 5.21. The molecule has 1 aromatic carbocycles. The molecule has 1 unspecified atom stereocenters. The first kappa shape index (κ1) is 27.0. The van der Waals surface area contributed by atoms with Crippen LogP contribution < -0.4 is 5.32 Å². The van der Waals surface area contributed by atoms with Gasteiger partial charge in [-0.2, -0.15) is 18.4 Å². The number of benzene rings is 1. The number of carbonyl (C=O) groups is 1. The van der Waals surface area contributed by atoms with Gasteiger partial charge >= 0.3 is 6.18 Å². The molecule has 12 heteroatoms. The van der Waals surface area contributed by atoms with E-state index >= 15 is 0 Å². The van der Waals surface area contributed by atoms with Crippen molar-refractivity contribution >= 4 is 28.9 Å². The van der Waals surface area contributed by atoms with E-state index in [4.69, 9.17) is 5.26 Å². The third-order valence-electron chi connectivity index (χ3n) is 7.31. The van der Waals surface area contributed by atoms with Crippen LogP contribution in [0.5, 0.6) is 0 Å². The SMILES string of the molecule is Cc1cc(Nc2nccc(C(F)(F)F)n2)cc(-c2cnc([C@]3(O)CC[C@@H](C(=O)N4CCC(C#N)C4)CC3)s2)c1. The van der Waals surface area contributed by atoms with Crippen molar-refractivity contribution in [1.29, 1.82) is 5.26 Å². The number of aryl methyl sites for hydroxylation is 1. The van der Waals surface area contributed by atoms with Gasteiger partial charge in [-0.1, -0.05) is 6.07 Å². The van der Waals surface area contributed by atoms with Crippen LogP contribution in [0.15, 0.2) is 36.7 Å². The number of nitrogens with one attached hydrogen (secondary N) is 1. The third-order valence-corrected chi connectivity index (χ3v) is 8.55. The maximum absolute atomic E-state index is 13.0. The molecule has 0 radical (unpaired) electrons. The Kier molecular flexibility index (Phi) is 7.31. The van der Waals surface area contributed by atoms with Gasteiger partial charge in [-0.25, -0.2) is 15.0 Å². The van der Waals surface area contributed by atoms with Crippen LogP contribution in [-0.2, 0) is 16.6 Å². The molecular formula is C27H27F3N6O2S. The van der Waals surface area contributed by atoms with E-state index in [0.717, 1.165) is 28.3 Å². The molecule has 2 aliphatic rings. The van der Waals surface area contributed by atoms with E-state index in [1.165, 1.54) is 11.3 Å². The number of aliphatic hydroxyl groups is 1. The lowest BCUT2D eigenvalue weighted by Gasteiger charge is -2.35. The molecule has 3 aromatic rings. The summed E-state index contributed by atoms with van der Waals surface area (Å²) in [7, 11) is 0. The van der Waals surface area contributed by atoms with Crippen LogP contribution in [-0.4, -0.2) is 44.0 Å². The summed E-state index contributed by atoms with van der Waals surface area (Å²) in [5.74, 6) is -0.355. The van der Waals surface area contributed by atoms with Crippen LogP contribution in [0.2, 0.25) is 0 Å². The number of likely N-dealkylation sites (tertiary alicyclic amines) is 1. The van der Waals surface area contributed by atoms with Crippen LogP contribution in [0.1, 0.15) is 48.4 Å². The average molecular weight is 557 g/mol. The van der Waals surface area contributed by atoms with Crippen molar-refractivity contribution < 1.29 is 23.1 Å². The fourth-order valence-corrected chi connectivity index (χ4v) is 6.26. The van der Waals surface area contributed by atoms with Gasteiger partial charge in [-0.15, -0.1) is 11.3 Å². The molecule has 1 aliphatic carbocycles. The van der Waals surface area contributed by atoms with Gasteiger partial charge in [0, 0.05) is 37.1 Å². The van der Waals surface area contributed by atoms with E-state index in [1.54, 1.807) is 23.2 Å². The number of carbonyl (C=O) groups excluding carboxylic acids is 1. The Balaban J connectivity index is 1.28. The maximum Gasteiger partial charge on any atom is 0.433 e. The Morgan fingerprint density at radius 2 is 2.00 bits per heavy atom. The summed E-state index contributed by atoms with van der Waals surface area (Å²) in [6.07, 6.45) is 0.809. The van der Waals surface area contributed by atoms with E-state index < -0.39 is 17.5 Å². The first-order chi connectivity index (χ1) is 18.5. The highest BCUT2D eigenvalue weighted by Crippen LogP contribution is 2.43. The molecule has 8 nitrogen and oxygen atoms in total. The van der Waals surface area contributed by atoms with Gasteiger partial charge in [0.2, 0.25) is 11.9 Å². The normalized spacial score (nSPS) is 23.4. The maximum atomic E-state index is 13.0. The molecule has 3 heterocycles. The Morgan fingerprint density at radius 1 is 1.23 bits per heavy atom. The number of alkyl halides is 3. The van der Waals surface area contributed by atoms with Gasteiger partial charge in [-0.3, -0.25) is 4.79 Å². The summed E-state index contributed by atoms with van der Waals surface area (Å²) in [6, 6.07) is 8.54. The summed E-state index contributed by atoms with van der Waals surface area (Å²) < 4.78 is 39.1. The number of amides is 1. The van der Waals surface area contributed by atoms with Gasteiger partial charge in [-0.05, 0) is 68.4 Å². The lowest BCUT2D eigenvalue weighted by atomic mass is 9.78. The van der Waals surface area contributed by atoms with Gasteiger partial charge in [0.15, 0.2) is 0 Å². The van der Waals surface area contributed by atoms with Crippen molar-refractivity contribution in [2.45, 2.75) is 50.8 Å². The number of nitrogens with zero attached hydrogens (tertiary/aromatic N) is 5. The molecule has 0 spiro atoms. The quantitative estimate of drug-likeness (QED) is 0.431. The van der Waals surface area contributed by atoms with E-state index in [0.29, 0.717) is 55.9 Å². The molecule has 39 heavy (non-hydrogen) atoms. The molecule has 1 aliphatic heterocycles. The number of aromatic nitrogens is 3. The van der Waals surface area contributed by atoms with Crippen molar-refractivity contribution in [2.75, 3.05) is 18.4 Å². The van der Waals surface area contributed by atoms with E-state index in [9.17, 15) is 23.1 Å². The van der Waals surface area contributed by atoms with Gasteiger partial charge in [0.1, 0.15) is 16.3 Å². The zero-order valence-corrected chi connectivity index (χ0v) is 22.0. The lowest BCUT2D eigenvalue weighted by molar-refractivity contribution is -0.141. The number of nitriles is 1. The monoisotopic (exact) mass is 556 g/mol. The minimum absolute atomic E-state index is 0.0687. The van der Waals surface area contributed by atoms with Crippen LogP contribution >= 0.6 is 11.3 Å². The van der Waals surface area contributed by atoms with E-state index in [-0.39, 0.29) is 23.7 Å². The predicted octanol–water partition coefficient (Wildman–Crippen LogP) is 5.42. The molecular weight excluding hydrogens is 529 g/mol. The van der Waals surface area contributed by atoms with Gasteiger partial charge in [0.05, 0.1) is 16.9 Å². The van der Waals surface area contributed by atoms with Crippen molar-refractivity contribution in [3.63, 3.8) is 0 Å². The summed E-state index contributed by atoms with van der Waals surface area (Å²) in [5.41, 5.74) is 0.0300. The van der Waals surface area contributed by atoms with E-state index in [1.807, 2.05) is 13.0 Å². The summed E-state index contributed by atoms with van der Waals surface area (Å²) >= 11 is 1.36. The fraction of sp³-hybridized carbons (Fsp3) is 0.444. The number of rotatable bonds is 5. The van der Waals surface area contributed by atoms with Crippen molar-refractivity contribution in [1.82, 2.24) is 19.9 Å². The first-order valence-corrected chi connectivity index (χ1v) is 13.5. The summed E-state index contributed by atoms with van der Waals surface area (Å²) in [6.45, 7) is 2.97. The minimum atomic E-state index is -4.57. The molecule has 1 saturated carbocycles. The van der Waals surface area contributed by atoms with Crippen LogP contribution in [0.4, 0.5) is 24.8 Å². The number of halogens is 3. The van der Waals surface area contributed by atoms with Crippen molar-refractivity contribution in [3.8, 4) is 16.5 Å². The van der Waals surface area contributed by atoms with Crippen LogP contribution in [0, 0.1) is 30.1 Å². The second kappa shape index (κ2) is 10.5. The third kappa shape index (κ3) is 5.89. The largest absolute Gasteiger partial charge is 0.433 e. The highest BCUT2D eigenvalue weighted by atomic mass is 32.1. The van der Waals surface area contributed by atoms with Crippen LogP contribution in [0.3, 0.4) is 0 Å². The highest BCUT2D eigenvalue weighted by Gasteiger charge is 2.41. The minimum Gasteiger partial charge on any atom is -0.383 e. The van der Waals surface area contributed by atoms with E-state index in [2.05, 4.69) is 26.3 Å². The van der Waals surface area contributed by atoms with Gasteiger partial charge < -0.3 is 15.3 Å². The average Bonchev–Trinajstić information content (AvgIpc) is 3.59. The number of hydrogen-bond acceptors (Lipinski definition) is 8. The zero-order chi connectivity index (χ0) is 27.8. The number of thiazole rings is 1. The lowest BCUT2D eigenvalue weighted by Crippen LogP contribution is -2.39. The van der Waals surface area contributed by atoms with Gasteiger partial charge in [0.25, 0.3) is 0 Å². The molecule has 204 valence electrons. The topological polar surface area (TPSA) is 115 Å². The second-order valence-corrected chi connectivity index (χ2v) is 11.2. The Hall–Kier alpha value is -3.56. The Bertz CT molecular complexity index is 1410. The molecule has 2 N–H and O–H groups in total. The first-order valence-electron chi connectivity index (χ1n) is 12.7. The summed E-state index contributed by atoms with van der Waals surface area (Å²) in [5, 5.41) is 23.9. The number of hydrogen-bond donors (Lipinski definition) is 2. The van der Waals surface area contributed by atoms with Crippen molar-refractivity contribution in [2.24, 2.45) is 11.8 Å². The van der Waals surface area contributed by atoms with Crippen LogP contribution in [0.25, 0.3) is 10.4 Å². The second-order valence-electron chi connectivity index (χ2n) is 10.2. The smallest absolute Gasteiger partial charge is 0.383 e. The van der Waals surface area contributed by atoms with Crippen molar-refractivity contribution in [3.05, 3.63) is 52.9 Å². The molecule has 1 amide bonds.